The average Bonchev–Trinajstić information content (AvgIpc) is 3.21. The van der Waals surface area contributed by atoms with E-state index < -0.39 is 5.60 Å². The summed E-state index contributed by atoms with van der Waals surface area (Å²) < 4.78 is 5.70. The first-order valence-corrected chi connectivity index (χ1v) is 12.0. The number of hydrogen-bond donors (Lipinski definition) is 2. The number of amides is 1. The van der Waals surface area contributed by atoms with Crippen LogP contribution in [0.4, 0.5) is 5.82 Å². The molecule has 0 aromatic carbocycles. The number of fused-ring (bicyclic) bond motifs is 1. The van der Waals surface area contributed by atoms with Crippen molar-refractivity contribution in [2.24, 2.45) is 5.92 Å². The summed E-state index contributed by atoms with van der Waals surface area (Å²) in [6, 6.07) is 2.26. The van der Waals surface area contributed by atoms with Gasteiger partial charge in [0.05, 0.1) is 18.6 Å². The van der Waals surface area contributed by atoms with Crippen LogP contribution >= 0.6 is 0 Å². The lowest BCUT2D eigenvalue weighted by Crippen LogP contribution is -2.47. The second-order valence-electron chi connectivity index (χ2n) is 10.1. The molecule has 0 spiro atoms. The summed E-state index contributed by atoms with van der Waals surface area (Å²) in [6.07, 6.45) is 8.76. The fourth-order valence-corrected chi connectivity index (χ4v) is 5.19. The van der Waals surface area contributed by atoms with Gasteiger partial charge in [-0.15, -0.1) is 0 Å². The standard InChI is InChI=1S/C24H38N4O3/c1-24(2,30)17-22(29)26-19-5-3-18(4-6-19)8-11-27-12-14-28(15-13-27)23-20-9-16-31-21(20)7-10-25-23/h7,10,18-19,30H,3-6,8-9,11-17H2,1-2H3,(H,26,29). The van der Waals surface area contributed by atoms with Crippen LogP contribution in [0.1, 0.15) is 57.9 Å². The van der Waals surface area contributed by atoms with Crippen molar-refractivity contribution in [1.82, 2.24) is 15.2 Å². The Kier molecular flexibility index (Phi) is 7.02. The van der Waals surface area contributed by atoms with Gasteiger partial charge in [-0.2, -0.15) is 0 Å². The zero-order valence-corrected chi connectivity index (χ0v) is 19.1. The number of nitrogens with one attached hydrogen (secondary N) is 1. The Balaban J connectivity index is 1.15. The number of piperazine rings is 1. The SMILES string of the molecule is CC(C)(O)CC(=O)NC1CCC(CCN2CCN(c3nccc4c3CCO4)CC2)CC1. The van der Waals surface area contributed by atoms with Gasteiger partial charge in [-0.25, -0.2) is 4.98 Å². The maximum Gasteiger partial charge on any atom is 0.223 e. The normalized spacial score (nSPS) is 24.5. The second kappa shape index (κ2) is 9.74. The predicted octanol–water partition coefficient (Wildman–Crippen LogP) is 2.36. The number of carbonyl (C=O) groups is 1. The molecule has 2 aliphatic heterocycles. The fourth-order valence-electron chi connectivity index (χ4n) is 5.19. The molecule has 1 saturated carbocycles. The van der Waals surface area contributed by atoms with Crippen LogP contribution in [0, 0.1) is 5.92 Å². The third kappa shape index (κ3) is 6.10. The Labute approximate surface area is 186 Å². The molecule has 2 N–H and O–H groups in total. The first kappa shape index (κ1) is 22.3. The minimum Gasteiger partial charge on any atom is -0.493 e. The van der Waals surface area contributed by atoms with Crippen LogP contribution in [0.25, 0.3) is 0 Å². The lowest BCUT2D eigenvalue weighted by atomic mass is 9.84. The van der Waals surface area contributed by atoms with E-state index in [0.29, 0.717) is 0 Å². The van der Waals surface area contributed by atoms with Crippen molar-refractivity contribution in [3.63, 3.8) is 0 Å². The highest BCUT2D eigenvalue weighted by Gasteiger charge is 2.27. The smallest absolute Gasteiger partial charge is 0.223 e. The monoisotopic (exact) mass is 430 g/mol. The van der Waals surface area contributed by atoms with Crippen LogP contribution in [0.3, 0.4) is 0 Å². The van der Waals surface area contributed by atoms with Gasteiger partial charge in [-0.05, 0) is 64.5 Å². The van der Waals surface area contributed by atoms with Crippen molar-refractivity contribution >= 4 is 11.7 Å². The first-order chi connectivity index (χ1) is 14.9. The van der Waals surface area contributed by atoms with E-state index in [0.717, 1.165) is 76.1 Å². The lowest BCUT2D eigenvalue weighted by Gasteiger charge is -2.37. The molecule has 0 bridgehead atoms. The van der Waals surface area contributed by atoms with E-state index in [1.165, 1.54) is 24.8 Å². The summed E-state index contributed by atoms with van der Waals surface area (Å²) in [4.78, 5) is 21.7. The Morgan fingerprint density at radius 3 is 2.68 bits per heavy atom. The number of nitrogens with zero attached hydrogens (tertiary/aromatic N) is 3. The number of carbonyl (C=O) groups excluding carboxylic acids is 1. The minimum atomic E-state index is -0.935. The molecule has 1 saturated heterocycles. The van der Waals surface area contributed by atoms with Gasteiger partial charge in [0.2, 0.25) is 5.91 Å². The van der Waals surface area contributed by atoms with Crippen LogP contribution < -0.4 is 15.0 Å². The molecule has 0 radical (unpaired) electrons. The highest BCUT2D eigenvalue weighted by molar-refractivity contribution is 5.77. The van der Waals surface area contributed by atoms with Crippen molar-refractivity contribution in [3.8, 4) is 5.75 Å². The number of hydrogen-bond acceptors (Lipinski definition) is 6. The Morgan fingerprint density at radius 2 is 1.97 bits per heavy atom. The third-order valence-corrected chi connectivity index (χ3v) is 6.93. The maximum absolute atomic E-state index is 12.0. The van der Waals surface area contributed by atoms with Crippen LogP contribution in [0.5, 0.6) is 5.75 Å². The number of anilines is 1. The molecule has 1 aromatic rings. The average molecular weight is 431 g/mol. The molecule has 172 valence electrons. The largest absolute Gasteiger partial charge is 0.493 e. The first-order valence-electron chi connectivity index (χ1n) is 12.0. The zero-order chi connectivity index (χ0) is 21.8. The summed E-state index contributed by atoms with van der Waals surface area (Å²) in [5, 5.41) is 12.9. The summed E-state index contributed by atoms with van der Waals surface area (Å²) >= 11 is 0. The van der Waals surface area contributed by atoms with Gasteiger partial charge in [-0.1, -0.05) is 0 Å². The molecule has 1 aliphatic carbocycles. The second-order valence-corrected chi connectivity index (χ2v) is 10.1. The molecular formula is C24H38N4O3. The van der Waals surface area contributed by atoms with E-state index in [-0.39, 0.29) is 18.4 Å². The van der Waals surface area contributed by atoms with Gasteiger partial charge in [0.1, 0.15) is 11.6 Å². The molecule has 4 rings (SSSR count). The van der Waals surface area contributed by atoms with E-state index in [2.05, 4.69) is 20.1 Å². The molecule has 0 unspecified atom stereocenters. The van der Waals surface area contributed by atoms with Gasteiger partial charge < -0.3 is 20.1 Å². The fraction of sp³-hybridized carbons (Fsp3) is 0.750. The van der Waals surface area contributed by atoms with Gasteiger partial charge in [0.25, 0.3) is 0 Å². The molecule has 1 amide bonds. The van der Waals surface area contributed by atoms with Gasteiger partial charge in [0.15, 0.2) is 0 Å². The van der Waals surface area contributed by atoms with Crippen molar-refractivity contribution in [1.29, 1.82) is 0 Å². The minimum absolute atomic E-state index is 0.0288. The van der Waals surface area contributed by atoms with E-state index in [4.69, 9.17) is 4.74 Å². The highest BCUT2D eigenvalue weighted by atomic mass is 16.5. The van der Waals surface area contributed by atoms with E-state index >= 15 is 0 Å². The van der Waals surface area contributed by atoms with Gasteiger partial charge in [0, 0.05) is 50.4 Å². The van der Waals surface area contributed by atoms with Crippen LogP contribution in [0.2, 0.25) is 0 Å². The summed E-state index contributed by atoms with van der Waals surface area (Å²) in [7, 11) is 0. The number of rotatable bonds is 7. The number of pyridine rings is 1. The molecular weight excluding hydrogens is 392 g/mol. The van der Waals surface area contributed by atoms with E-state index in [1.807, 2.05) is 12.3 Å². The maximum atomic E-state index is 12.0. The molecule has 7 nitrogen and oxygen atoms in total. The molecule has 31 heavy (non-hydrogen) atoms. The van der Waals surface area contributed by atoms with E-state index in [1.54, 1.807) is 13.8 Å². The number of ether oxygens (including phenoxy) is 1. The number of aliphatic hydroxyl groups is 1. The Morgan fingerprint density at radius 1 is 1.23 bits per heavy atom. The van der Waals surface area contributed by atoms with Crippen LogP contribution in [-0.2, 0) is 11.2 Å². The summed E-state index contributed by atoms with van der Waals surface area (Å²) in [5.41, 5.74) is 0.345. The summed E-state index contributed by atoms with van der Waals surface area (Å²) in [5.74, 6) is 2.87. The Bertz CT molecular complexity index is 748. The summed E-state index contributed by atoms with van der Waals surface area (Å²) in [6.45, 7) is 9.55. The topological polar surface area (TPSA) is 77.9 Å². The molecule has 3 heterocycles. The van der Waals surface area contributed by atoms with Crippen molar-refractivity contribution in [2.75, 3.05) is 44.2 Å². The molecule has 3 aliphatic rings. The quantitative estimate of drug-likeness (QED) is 0.692. The highest BCUT2D eigenvalue weighted by Crippen LogP contribution is 2.32. The molecule has 0 atom stereocenters. The van der Waals surface area contributed by atoms with Crippen LogP contribution in [-0.4, -0.2) is 71.9 Å². The zero-order valence-electron chi connectivity index (χ0n) is 19.1. The molecule has 7 heteroatoms. The van der Waals surface area contributed by atoms with Gasteiger partial charge >= 0.3 is 0 Å². The molecule has 1 aromatic heterocycles. The molecule has 2 fully saturated rings. The van der Waals surface area contributed by atoms with Crippen LogP contribution in [0.15, 0.2) is 12.3 Å². The van der Waals surface area contributed by atoms with E-state index in [9.17, 15) is 9.90 Å². The number of aromatic nitrogens is 1. The lowest BCUT2D eigenvalue weighted by molar-refractivity contribution is -0.125. The van der Waals surface area contributed by atoms with Crippen molar-refractivity contribution in [3.05, 3.63) is 17.8 Å². The van der Waals surface area contributed by atoms with Crippen molar-refractivity contribution < 1.29 is 14.6 Å². The third-order valence-electron chi connectivity index (χ3n) is 6.93. The van der Waals surface area contributed by atoms with Crippen molar-refractivity contribution in [2.45, 2.75) is 70.4 Å². The Hall–Kier alpha value is -1.86. The van der Waals surface area contributed by atoms with Gasteiger partial charge in [-0.3, -0.25) is 9.69 Å². The predicted molar refractivity (Wildman–Crippen MR) is 122 cm³/mol.